The zero-order chi connectivity index (χ0) is 15.5. The highest BCUT2D eigenvalue weighted by Gasteiger charge is 2.23. The van der Waals surface area contributed by atoms with Gasteiger partial charge >= 0.3 is 0 Å². The van der Waals surface area contributed by atoms with Gasteiger partial charge in [0.2, 0.25) is 5.91 Å². The lowest BCUT2D eigenvalue weighted by molar-refractivity contribution is -0.118. The van der Waals surface area contributed by atoms with E-state index in [2.05, 4.69) is 22.0 Å². The molecule has 4 nitrogen and oxygen atoms in total. The van der Waals surface area contributed by atoms with E-state index in [4.69, 9.17) is 0 Å². The van der Waals surface area contributed by atoms with Crippen molar-refractivity contribution in [2.75, 3.05) is 0 Å². The predicted octanol–water partition coefficient (Wildman–Crippen LogP) is 2.61. The number of benzene rings is 1. The largest absolute Gasteiger partial charge is 0.391 e. The predicted molar refractivity (Wildman–Crippen MR) is 88.4 cm³/mol. The number of nitrogens with one attached hydrogen (secondary N) is 1. The quantitative estimate of drug-likeness (QED) is 0.856. The molecule has 1 saturated carbocycles. The van der Waals surface area contributed by atoms with Gasteiger partial charge in [0.15, 0.2) is 0 Å². The van der Waals surface area contributed by atoms with E-state index >= 15 is 0 Å². The molecule has 2 aromatic rings. The van der Waals surface area contributed by atoms with Crippen LogP contribution in [0.15, 0.2) is 36.5 Å². The maximum atomic E-state index is 12.1. The molecule has 2 atom stereocenters. The van der Waals surface area contributed by atoms with Crippen molar-refractivity contribution in [2.45, 2.75) is 37.8 Å². The van der Waals surface area contributed by atoms with Gasteiger partial charge in [0.05, 0.1) is 12.1 Å². The van der Waals surface area contributed by atoms with Crippen molar-refractivity contribution in [1.82, 2.24) is 9.88 Å². The molecule has 0 radical (unpaired) electrons. The summed E-state index contributed by atoms with van der Waals surface area (Å²) < 4.78 is 2.05. The van der Waals surface area contributed by atoms with Crippen LogP contribution < -0.4 is 5.32 Å². The second-order valence-electron chi connectivity index (χ2n) is 6.01. The first-order valence-corrected chi connectivity index (χ1v) is 7.86. The minimum absolute atomic E-state index is 0.113. The van der Waals surface area contributed by atoms with Crippen molar-refractivity contribution in [3.05, 3.63) is 42.1 Å². The van der Waals surface area contributed by atoms with Gasteiger partial charge in [-0.25, -0.2) is 0 Å². The smallest absolute Gasteiger partial charge is 0.244 e. The Labute approximate surface area is 130 Å². The summed E-state index contributed by atoms with van der Waals surface area (Å²) in [5, 5.41) is 13.9. The standard InChI is InChI=1S/C18H22N2O2/c1-20-12-13(14-6-2-4-8-16(14)20)10-11-18(22)19-15-7-3-5-9-17(15)21/h2,4,6,8,10-12,15,17,21H,3,5,7,9H2,1H3,(H,19,22)/b11-10+. The van der Waals surface area contributed by atoms with Crippen LogP contribution in [-0.4, -0.2) is 27.7 Å². The number of carbonyl (C=O) groups excluding carboxylic acids is 1. The zero-order valence-corrected chi connectivity index (χ0v) is 12.8. The molecule has 1 fully saturated rings. The third-order valence-corrected chi connectivity index (χ3v) is 4.40. The molecule has 0 bridgehead atoms. The van der Waals surface area contributed by atoms with Crippen LogP contribution in [0, 0.1) is 0 Å². The van der Waals surface area contributed by atoms with E-state index in [1.165, 1.54) is 0 Å². The lowest BCUT2D eigenvalue weighted by Crippen LogP contribution is -2.44. The SMILES string of the molecule is Cn1cc(/C=C/C(=O)NC2CCCCC2O)c2ccccc21. The maximum Gasteiger partial charge on any atom is 0.244 e. The highest BCUT2D eigenvalue weighted by molar-refractivity contribution is 5.96. The van der Waals surface area contributed by atoms with E-state index < -0.39 is 6.10 Å². The van der Waals surface area contributed by atoms with E-state index in [1.54, 1.807) is 6.08 Å². The van der Waals surface area contributed by atoms with Crippen LogP contribution in [0.5, 0.6) is 0 Å². The lowest BCUT2D eigenvalue weighted by atomic mass is 9.92. The minimum Gasteiger partial charge on any atom is -0.391 e. The maximum absolute atomic E-state index is 12.1. The van der Waals surface area contributed by atoms with Crippen LogP contribution in [-0.2, 0) is 11.8 Å². The molecule has 0 spiro atoms. The van der Waals surface area contributed by atoms with E-state index in [0.29, 0.717) is 0 Å². The summed E-state index contributed by atoms with van der Waals surface area (Å²) in [6, 6.07) is 8.01. The number of aromatic nitrogens is 1. The number of hydrogen-bond donors (Lipinski definition) is 2. The summed E-state index contributed by atoms with van der Waals surface area (Å²) in [4.78, 5) is 12.1. The molecular formula is C18H22N2O2. The Kier molecular flexibility index (Phi) is 4.29. The van der Waals surface area contributed by atoms with E-state index in [9.17, 15) is 9.90 Å². The van der Waals surface area contributed by atoms with Gasteiger partial charge in [0, 0.05) is 35.8 Å². The van der Waals surface area contributed by atoms with Crippen molar-refractivity contribution in [3.63, 3.8) is 0 Å². The molecule has 116 valence electrons. The fourth-order valence-electron chi connectivity index (χ4n) is 3.18. The van der Waals surface area contributed by atoms with E-state index in [0.717, 1.165) is 42.1 Å². The summed E-state index contributed by atoms with van der Waals surface area (Å²) in [6.45, 7) is 0. The third kappa shape index (κ3) is 3.07. The van der Waals surface area contributed by atoms with Crippen LogP contribution in [0.1, 0.15) is 31.2 Å². The Morgan fingerprint density at radius 3 is 2.91 bits per heavy atom. The van der Waals surface area contributed by atoms with Crippen molar-refractivity contribution in [3.8, 4) is 0 Å². The number of nitrogens with zero attached hydrogens (tertiary/aromatic N) is 1. The lowest BCUT2D eigenvalue weighted by Gasteiger charge is -2.27. The summed E-state index contributed by atoms with van der Waals surface area (Å²) in [6.07, 6.45) is 8.74. The van der Waals surface area contributed by atoms with Crippen LogP contribution in [0.3, 0.4) is 0 Å². The summed E-state index contributed by atoms with van der Waals surface area (Å²) >= 11 is 0. The first-order valence-electron chi connectivity index (χ1n) is 7.86. The molecule has 3 rings (SSSR count). The average Bonchev–Trinajstić information content (AvgIpc) is 2.85. The highest BCUT2D eigenvalue weighted by atomic mass is 16.3. The second kappa shape index (κ2) is 6.36. The van der Waals surface area contributed by atoms with Gasteiger partial charge in [0.25, 0.3) is 0 Å². The molecule has 1 aliphatic rings. The Balaban J connectivity index is 1.71. The van der Waals surface area contributed by atoms with Gasteiger partial charge in [-0.05, 0) is 25.0 Å². The number of aliphatic hydroxyl groups is 1. The zero-order valence-electron chi connectivity index (χ0n) is 12.8. The molecular weight excluding hydrogens is 276 g/mol. The number of aryl methyl sites for hydroxylation is 1. The number of amides is 1. The summed E-state index contributed by atoms with van der Waals surface area (Å²) in [5.41, 5.74) is 2.17. The number of hydrogen-bond acceptors (Lipinski definition) is 2. The summed E-state index contributed by atoms with van der Waals surface area (Å²) in [7, 11) is 2.00. The topological polar surface area (TPSA) is 54.3 Å². The molecule has 2 unspecified atom stereocenters. The average molecular weight is 298 g/mol. The van der Waals surface area contributed by atoms with Gasteiger partial charge in [0.1, 0.15) is 0 Å². The van der Waals surface area contributed by atoms with E-state index in [1.807, 2.05) is 31.5 Å². The van der Waals surface area contributed by atoms with Gasteiger partial charge < -0.3 is 15.0 Å². The van der Waals surface area contributed by atoms with Crippen LogP contribution >= 0.6 is 0 Å². The van der Waals surface area contributed by atoms with Gasteiger partial charge in [-0.2, -0.15) is 0 Å². The van der Waals surface area contributed by atoms with Crippen molar-refractivity contribution in [2.24, 2.45) is 7.05 Å². The molecule has 1 aromatic carbocycles. The first-order chi connectivity index (χ1) is 10.6. The Morgan fingerprint density at radius 1 is 1.32 bits per heavy atom. The van der Waals surface area contributed by atoms with Gasteiger partial charge in [-0.15, -0.1) is 0 Å². The number of aliphatic hydroxyl groups excluding tert-OH is 1. The van der Waals surface area contributed by atoms with Crippen LogP contribution in [0.2, 0.25) is 0 Å². The molecule has 1 aliphatic carbocycles. The Morgan fingerprint density at radius 2 is 2.09 bits per heavy atom. The number of rotatable bonds is 3. The van der Waals surface area contributed by atoms with Crippen LogP contribution in [0.4, 0.5) is 0 Å². The number of carbonyl (C=O) groups is 1. The van der Waals surface area contributed by atoms with Gasteiger partial charge in [-0.1, -0.05) is 31.0 Å². The number of para-hydroxylation sites is 1. The fraction of sp³-hybridized carbons (Fsp3) is 0.389. The molecule has 22 heavy (non-hydrogen) atoms. The summed E-state index contributed by atoms with van der Waals surface area (Å²) in [5.74, 6) is -0.140. The van der Waals surface area contributed by atoms with Gasteiger partial charge in [-0.3, -0.25) is 4.79 Å². The van der Waals surface area contributed by atoms with Crippen molar-refractivity contribution < 1.29 is 9.90 Å². The van der Waals surface area contributed by atoms with E-state index in [-0.39, 0.29) is 11.9 Å². The molecule has 0 aliphatic heterocycles. The molecule has 4 heteroatoms. The van der Waals surface area contributed by atoms with Crippen molar-refractivity contribution >= 4 is 22.9 Å². The minimum atomic E-state index is -0.413. The third-order valence-electron chi connectivity index (χ3n) is 4.40. The Hall–Kier alpha value is -2.07. The molecule has 0 saturated heterocycles. The normalized spacial score (nSPS) is 22.3. The molecule has 1 amide bonds. The van der Waals surface area contributed by atoms with Crippen molar-refractivity contribution in [1.29, 1.82) is 0 Å². The first kappa shape index (κ1) is 14.9. The Bertz CT molecular complexity index is 702. The monoisotopic (exact) mass is 298 g/mol. The molecule has 1 heterocycles. The van der Waals surface area contributed by atoms with Crippen LogP contribution in [0.25, 0.3) is 17.0 Å². The number of fused-ring (bicyclic) bond motifs is 1. The fourth-order valence-corrected chi connectivity index (χ4v) is 3.18. The second-order valence-corrected chi connectivity index (χ2v) is 6.01. The molecule has 2 N–H and O–H groups in total. The highest BCUT2D eigenvalue weighted by Crippen LogP contribution is 2.21. The molecule has 1 aromatic heterocycles.